The number of para-hydroxylation sites is 1. The Labute approximate surface area is 144 Å². The summed E-state index contributed by atoms with van der Waals surface area (Å²) in [6.45, 7) is 0. The zero-order valence-electron chi connectivity index (χ0n) is 12.2. The van der Waals surface area contributed by atoms with E-state index in [2.05, 4.69) is 15.1 Å². The number of hydrogen-bond acceptors (Lipinski definition) is 4. The molecule has 0 spiro atoms. The Morgan fingerprint density at radius 3 is 2.83 bits per heavy atom. The SMILES string of the molecule is O=c1c2cnc3ccc(Cl)cc3c2[nH]n1-c1nc2ccccc2s1. The average molecular weight is 353 g/mol. The first-order chi connectivity index (χ1) is 11.7. The Morgan fingerprint density at radius 1 is 1.08 bits per heavy atom. The maximum absolute atomic E-state index is 12.8. The zero-order chi connectivity index (χ0) is 16.3. The first-order valence-electron chi connectivity index (χ1n) is 7.26. The summed E-state index contributed by atoms with van der Waals surface area (Å²) in [6, 6.07) is 13.2. The van der Waals surface area contributed by atoms with E-state index in [1.54, 1.807) is 12.3 Å². The molecule has 2 aromatic carbocycles. The molecule has 116 valence electrons. The van der Waals surface area contributed by atoms with Gasteiger partial charge in [0, 0.05) is 16.6 Å². The minimum atomic E-state index is -0.168. The molecule has 0 radical (unpaired) electrons. The number of thiazole rings is 1. The van der Waals surface area contributed by atoms with Crippen LogP contribution in [-0.4, -0.2) is 19.7 Å². The Bertz CT molecular complexity index is 1270. The summed E-state index contributed by atoms with van der Waals surface area (Å²) >= 11 is 7.56. The second-order valence-corrected chi connectivity index (χ2v) is 6.87. The van der Waals surface area contributed by atoms with Crippen molar-refractivity contribution in [1.82, 2.24) is 19.7 Å². The highest BCUT2D eigenvalue weighted by Gasteiger charge is 2.14. The normalized spacial score (nSPS) is 11.7. The maximum Gasteiger partial charge on any atom is 0.282 e. The van der Waals surface area contributed by atoms with Gasteiger partial charge in [0.25, 0.3) is 5.56 Å². The first kappa shape index (κ1) is 13.7. The number of nitrogens with zero attached hydrogens (tertiary/aromatic N) is 3. The van der Waals surface area contributed by atoms with Gasteiger partial charge < -0.3 is 0 Å². The number of hydrogen-bond donors (Lipinski definition) is 1. The molecule has 0 fully saturated rings. The molecule has 0 atom stereocenters. The van der Waals surface area contributed by atoms with Crippen LogP contribution in [0.4, 0.5) is 0 Å². The molecule has 0 aliphatic heterocycles. The second kappa shape index (κ2) is 4.90. The van der Waals surface area contributed by atoms with Crippen LogP contribution in [0.2, 0.25) is 5.02 Å². The summed E-state index contributed by atoms with van der Waals surface area (Å²) in [5.74, 6) is 0. The van der Waals surface area contributed by atoms with Crippen molar-refractivity contribution in [3.63, 3.8) is 0 Å². The number of benzene rings is 2. The number of nitrogens with one attached hydrogen (secondary N) is 1. The largest absolute Gasteiger partial charge is 0.287 e. The summed E-state index contributed by atoms with van der Waals surface area (Å²) in [7, 11) is 0. The first-order valence-corrected chi connectivity index (χ1v) is 8.45. The monoisotopic (exact) mass is 352 g/mol. The van der Waals surface area contributed by atoms with Crippen molar-refractivity contribution in [2.75, 3.05) is 0 Å². The molecular formula is C17H9ClN4OS. The van der Waals surface area contributed by atoms with Crippen LogP contribution in [0.1, 0.15) is 0 Å². The Kier molecular flexibility index (Phi) is 2.80. The van der Waals surface area contributed by atoms with Gasteiger partial charge in [0.1, 0.15) is 0 Å². The van der Waals surface area contributed by atoms with Gasteiger partial charge in [-0.1, -0.05) is 35.1 Å². The lowest BCUT2D eigenvalue weighted by Crippen LogP contribution is -2.13. The molecule has 0 aliphatic rings. The molecule has 0 saturated carbocycles. The fourth-order valence-electron chi connectivity index (χ4n) is 2.82. The number of aromatic amines is 1. The van der Waals surface area contributed by atoms with E-state index in [0.717, 1.165) is 21.1 Å². The van der Waals surface area contributed by atoms with Gasteiger partial charge in [-0.25, -0.2) is 4.98 Å². The molecule has 0 unspecified atom stereocenters. The van der Waals surface area contributed by atoms with Gasteiger partial charge in [-0.2, -0.15) is 4.68 Å². The third-order valence-corrected chi connectivity index (χ3v) is 5.22. The van der Waals surface area contributed by atoms with E-state index in [-0.39, 0.29) is 5.56 Å². The van der Waals surface area contributed by atoms with Crippen LogP contribution in [-0.2, 0) is 0 Å². The van der Waals surface area contributed by atoms with Gasteiger partial charge in [-0.3, -0.25) is 14.9 Å². The zero-order valence-corrected chi connectivity index (χ0v) is 13.7. The standard InChI is InChI=1S/C17H9ClN4OS/c18-9-5-6-12-10(7-9)15-11(8-19-12)16(23)22(21-15)17-20-13-3-1-2-4-14(13)24-17/h1-8,21H. The quantitative estimate of drug-likeness (QED) is 0.493. The Morgan fingerprint density at radius 2 is 1.96 bits per heavy atom. The number of pyridine rings is 1. The second-order valence-electron chi connectivity index (χ2n) is 5.42. The number of rotatable bonds is 1. The van der Waals surface area contributed by atoms with E-state index >= 15 is 0 Å². The van der Waals surface area contributed by atoms with E-state index in [1.807, 2.05) is 36.4 Å². The van der Waals surface area contributed by atoms with Gasteiger partial charge in [-0.05, 0) is 30.3 Å². The molecule has 7 heteroatoms. The number of aromatic nitrogens is 4. The fourth-order valence-corrected chi connectivity index (χ4v) is 3.92. The Balaban J connectivity index is 1.86. The molecule has 3 heterocycles. The topological polar surface area (TPSA) is 63.6 Å². The highest BCUT2D eigenvalue weighted by Crippen LogP contribution is 2.26. The molecule has 5 rings (SSSR count). The minimum absolute atomic E-state index is 0.168. The number of halogens is 1. The summed E-state index contributed by atoms with van der Waals surface area (Å²) in [4.78, 5) is 21.7. The van der Waals surface area contributed by atoms with Crippen LogP contribution in [0.5, 0.6) is 0 Å². The van der Waals surface area contributed by atoms with Crippen LogP contribution in [0.3, 0.4) is 0 Å². The van der Waals surface area contributed by atoms with E-state index in [4.69, 9.17) is 11.6 Å². The number of fused-ring (bicyclic) bond motifs is 4. The molecule has 0 aliphatic carbocycles. The van der Waals surface area contributed by atoms with Crippen LogP contribution >= 0.6 is 22.9 Å². The van der Waals surface area contributed by atoms with Crippen LogP contribution in [0, 0.1) is 0 Å². The van der Waals surface area contributed by atoms with Crippen molar-refractivity contribution < 1.29 is 0 Å². The van der Waals surface area contributed by atoms with Crippen molar-refractivity contribution in [3.8, 4) is 5.13 Å². The summed E-state index contributed by atoms with van der Waals surface area (Å²) < 4.78 is 2.50. The lowest BCUT2D eigenvalue weighted by molar-refractivity contribution is 0.857. The van der Waals surface area contributed by atoms with Crippen molar-refractivity contribution in [2.45, 2.75) is 0 Å². The van der Waals surface area contributed by atoms with Gasteiger partial charge >= 0.3 is 0 Å². The third-order valence-electron chi connectivity index (χ3n) is 3.96. The minimum Gasteiger partial charge on any atom is -0.287 e. The molecule has 5 aromatic rings. The lowest BCUT2D eigenvalue weighted by atomic mass is 10.2. The van der Waals surface area contributed by atoms with Gasteiger partial charge in [0.2, 0.25) is 5.13 Å². The van der Waals surface area contributed by atoms with Crippen molar-refractivity contribution in [2.24, 2.45) is 0 Å². The van der Waals surface area contributed by atoms with Gasteiger partial charge in [0.05, 0.1) is 26.6 Å². The van der Waals surface area contributed by atoms with Gasteiger partial charge in [0.15, 0.2) is 0 Å². The predicted octanol–water partition coefficient (Wildman–Crippen LogP) is 4.13. The van der Waals surface area contributed by atoms with E-state index in [0.29, 0.717) is 21.1 Å². The van der Waals surface area contributed by atoms with Crippen molar-refractivity contribution >= 4 is 55.0 Å². The van der Waals surface area contributed by atoms with Crippen molar-refractivity contribution in [3.05, 3.63) is 64.0 Å². The highest BCUT2D eigenvalue weighted by molar-refractivity contribution is 7.20. The average Bonchev–Trinajstić information content (AvgIpc) is 3.16. The number of H-pyrrole nitrogens is 1. The highest BCUT2D eigenvalue weighted by atomic mass is 35.5. The van der Waals surface area contributed by atoms with E-state index in [1.165, 1.54) is 16.0 Å². The molecule has 0 amide bonds. The molecule has 1 N–H and O–H groups in total. The molecular weight excluding hydrogens is 344 g/mol. The summed E-state index contributed by atoms with van der Waals surface area (Å²) in [6.07, 6.45) is 1.59. The summed E-state index contributed by atoms with van der Waals surface area (Å²) in [5, 5.41) is 5.71. The van der Waals surface area contributed by atoms with Gasteiger partial charge in [-0.15, -0.1) is 0 Å². The molecule has 0 saturated heterocycles. The summed E-state index contributed by atoms with van der Waals surface area (Å²) in [5.41, 5.74) is 2.20. The van der Waals surface area contributed by atoms with E-state index in [9.17, 15) is 4.79 Å². The maximum atomic E-state index is 12.8. The van der Waals surface area contributed by atoms with Crippen LogP contribution in [0.15, 0.2) is 53.5 Å². The van der Waals surface area contributed by atoms with Crippen molar-refractivity contribution in [1.29, 1.82) is 0 Å². The van der Waals surface area contributed by atoms with E-state index < -0.39 is 0 Å². The Hall–Kier alpha value is -2.70. The van der Waals surface area contributed by atoms with Crippen LogP contribution in [0.25, 0.3) is 37.2 Å². The third kappa shape index (κ3) is 1.90. The smallest absolute Gasteiger partial charge is 0.282 e. The molecule has 0 bridgehead atoms. The molecule has 24 heavy (non-hydrogen) atoms. The van der Waals surface area contributed by atoms with Crippen LogP contribution < -0.4 is 5.56 Å². The molecule has 5 nitrogen and oxygen atoms in total. The predicted molar refractivity (Wildman–Crippen MR) is 97.4 cm³/mol. The lowest BCUT2D eigenvalue weighted by Gasteiger charge is -1.98. The molecule has 3 aromatic heterocycles. The fraction of sp³-hybridized carbons (Fsp3) is 0.